The highest BCUT2D eigenvalue weighted by atomic mass is 19.1. The van der Waals surface area contributed by atoms with E-state index in [4.69, 9.17) is 0 Å². The molecular weight excluding hydrogens is 246 g/mol. The molecule has 19 heavy (non-hydrogen) atoms. The van der Waals surface area contributed by atoms with Crippen LogP contribution in [0, 0.1) is 11.6 Å². The van der Waals surface area contributed by atoms with Crippen molar-refractivity contribution in [1.82, 2.24) is 10.3 Å². The third kappa shape index (κ3) is 3.15. The van der Waals surface area contributed by atoms with E-state index in [0.717, 1.165) is 5.56 Å². The number of aromatic nitrogens is 1. The zero-order valence-corrected chi connectivity index (χ0v) is 10.9. The molecule has 100 valence electrons. The van der Waals surface area contributed by atoms with Gasteiger partial charge in [-0.2, -0.15) is 0 Å². The van der Waals surface area contributed by atoms with Crippen LogP contribution in [0.5, 0.6) is 0 Å². The number of halogens is 2. The summed E-state index contributed by atoms with van der Waals surface area (Å²) in [7, 11) is 0. The Hall–Kier alpha value is -1.81. The van der Waals surface area contributed by atoms with Crippen molar-refractivity contribution in [2.24, 2.45) is 0 Å². The molecule has 1 aromatic heterocycles. The second-order valence-corrected chi connectivity index (χ2v) is 4.53. The highest BCUT2D eigenvalue weighted by Crippen LogP contribution is 2.23. The Morgan fingerprint density at radius 2 is 1.53 bits per heavy atom. The van der Waals surface area contributed by atoms with E-state index in [1.807, 2.05) is 19.1 Å². The number of nitrogens with one attached hydrogen (secondary N) is 1. The third-order valence-electron chi connectivity index (χ3n) is 3.14. The van der Waals surface area contributed by atoms with Crippen LogP contribution >= 0.6 is 0 Å². The minimum absolute atomic E-state index is 0.0167. The van der Waals surface area contributed by atoms with Gasteiger partial charge in [-0.15, -0.1) is 0 Å². The van der Waals surface area contributed by atoms with Crippen molar-refractivity contribution in [1.29, 1.82) is 0 Å². The lowest BCUT2D eigenvalue weighted by Gasteiger charge is -2.21. The summed E-state index contributed by atoms with van der Waals surface area (Å²) in [4.78, 5) is 3.95. The molecule has 1 heterocycles. The topological polar surface area (TPSA) is 24.9 Å². The van der Waals surface area contributed by atoms with Crippen LogP contribution in [0.3, 0.4) is 0 Å². The predicted octanol–water partition coefficient (Wildman–Crippen LogP) is 3.77. The largest absolute Gasteiger partial charge is 0.303 e. The molecule has 0 aliphatic rings. The quantitative estimate of drug-likeness (QED) is 0.907. The summed E-state index contributed by atoms with van der Waals surface area (Å²) in [5.41, 5.74) is 1.10. The molecule has 2 atom stereocenters. The normalized spacial score (nSPS) is 14.1. The fourth-order valence-corrected chi connectivity index (χ4v) is 2.13. The van der Waals surface area contributed by atoms with Gasteiger partial charge in [-0.05, 0) is 43.7 Å². The smallest absolute Gasteiger partial charge is 0.130 e. The molecule has 1 unspecified atom stereocenters. The first-order chi connectivity index (χ1) is 9.09. The minimum Gasteiger partial charge on any atom is -0.303 e. The van der Waals surface area contributed by atoms with Gasteiger partial charge < -0.3 is 5.32 Å². The SMILES string of the molecule is CC(N[C@@H](C)c1ccncc1)c1c(F)cccc1F. The Morgan fingerprint density at radius 1 is 0.947 bits per heavy atom. The average Bonchev–Trinajstić information content (AvgIpc) is 2.39. The van der Waals surface area contributed by atoms with E-state index in [-0.39, 0.29) is 11.6 Å². The minimum atomic E-state index is -0.526. The summed E-state index contributed by atoms with van der Waals surface area (Å²) in [5, 5.41) is 3.19. The van der Waals surface area contributed by atoms with Gasteiger partial charge in [-0.1, -0.05) is 6.07 Å². The number of nitrogens with zero attached hydrogens (tertiary/aromatic N) is 1. The molecule has 0 bridgehead atoms. The second-order valence-electron chi connectivity index (χ2n) is 4.53. The molecule has 0 fully saturated rings. The van der Waals surface area contributed by atoms with Crippen LogP contribution in [-0.2, 0) is 0 Å². The lowest BCUT2D eigenvalue weighted by atomic mass is 10.0. The van der Waals surface area contributed by atoms with Crippen LogP contribution in [-0.4, -0.2) is 4.98 Å². The van der Waals surface area contributed by atoms with Crippen LogP contribution < -0.4 is 5.32 Å². The molecule has 2 nitrogen and oxygen atoms in total. The van der Waals surface area contributed by atoms with Crippen LogP contribution in [0.4, 0.5) is 8.78 Å². The maximum Gasteiger partial charge on any atom is 0.130 e. The molecule has 0 saturated heterocycles. The van der Waals surface area contributed by atoms with Crippen molar-refractivity contribution in [2.75, 3.05) is 0 Å². The number of rotatable bonds is 4. The maximum absolute atomic E-state index is 13.7. The van der Waals surface area contributed by atoms with Crippen molar-refractivity contribution < 1.29 is 8.78 Å². The number of hydrogen-bond acceptors (Lipinski definition) is 2. The van der Waals surface area contributed by atoms with Gasteiger partial charge in [0.25, 0.3) is 0 Å². The summed E-state index contributed by atoms with van der Waals surface area (Å²) < 4.78 is 27.3. The Balaban J connectivity index is 2.15. The van der Waals surface area contributed by atoms with Gasteiger partial charge >= 0.3 is 0 Å². The predicted molar refractivity (Wildman–Crippen MR) is 70.6 cm³/mol. The van der Waals surface area contributed by atoms with Crippen molar-refractivity contribution in [2.45, 2.75) is 25.9 Å². The van der Waals surface area contributed by atoms with E-state index in [1.54, 1.807) is 19.3 Å². The molecule has 0 saturated carbocycles. The second kappa shape index (κ2) is 5.89. The van der Waals surface area contributed by atoms with Crippen LogP contribution in [0.2, 0.25) is 0 Å². The van der Waals surface area contributed by atoms with Gasteiger partial charge in [0.2, 0.25) is 0 Å². The van der Waals surface area contributed by atoms with E-state index in [0.29, 0.717) is 0 Å². The molecule has 0 aliphatic carbocycles. The van der Waals surface area contributed by atoms with Crippen molar-refractivity contribution in [3.8, 4) is 0 Å². The molecule has 4 heteroatoms. The lowest BCUT2D eigenvalue weighted by Crippen LogP contribution is -2.24. The Labute approximate surface area is 111 Å². The van der Waals surface area contributed by atoms with E-state index in [2.05, 4.69) is 10.3 Å². The van der Waals surface area contributed by atoms with E-state index < -0.39 is 17.7 Å². The molecule has 1 N–H and O–H groups in total. The maximum atomic E-state index is 13.7. The Kier molecular flexibility index (Phi) is 4.22. The molecule has 0 amide bonds. The van der Waals surface area contributed by atoms with Crippen LogP contribution in [0.15, 0.2) is 42.7 Å². The van der Waals surface area contributed by atoms with Crippen LogP contribution in [0.25, 0.3) is 0 Å². The molecule has 2 rings (SSSR count). The molecule has 2 aromatic rings. The number of benzene rings is 1. The van der Waals surface area contributed by atoms with E-state index in [1.165, 1.54) is 18.2 Å². The van der Waals surface area contributed by atoms with Crippen molar-refractivity contribution in [3.05, 3.63) is 65.5 Å². The van der Waals surface area contributed by atoms with Crippen molar-refractivity contribution in [3.63, 3.8) is 0 Å². The van der Waals surface area contributed by atoms with Gasteiger partial charge in [0.1, 0.15) is 11.6 Å². The molecule has 1 aromatic carbocycles. The van der Waals surface area contributed by atoms with Crippen LogP contribution in [0.1, 0.15) is 37.1 Å². The van der Waals surface area contributed by atoms with Gasteiger partial charge in [0.05, 0.1) is 0 Å². The van der Waals surface area contributed by atoms with E-state index >= 15 is 0 Å². The van der Waals surface area contributed by atoms with Gasteiger partial charge in [-0.3, -0.25) is 4.98 Å². The zero-order valence-electron chi connectivity index (χ0n) is 10.9. The summed E-state index contributed by atoms with van der Waals surface area (Å²) in [6.07, 6.45) is 3.39. The summed E-state index contributed by atoms with van der Waals surface area (Å²) in [6.45, 7) is 3.70. The first-order valence-corrected chi connectivity index (χ1v) is 6.19. The summed E-state index contributed by atoms with van der Waals surface area (Å²) in [6, 6.07) is 7.24. The first-order valence-electron chi connectivity index (χ1n) is 6.19. The third-order valence-corrected chi connectivity index (χ3v) is 3.14. The summed E-state index contributed by atoms with van der Waals surface area (Å²) >= 11 is 0. The molecule has 0 spiro atoms. The first kappa shape index (κ1) is 13.6. The lowest BCUT2D eigenvalue weighted by molar-refractivity contribution is 0.449. The standard InChI is InChI=1S/C15H16F2N2/c1-10(12-6-8-18-9-7-12)19-11(2)15-13(16)4-3-5-14(15)17/h3-11,19H,1-2H3/t10-,11?/m0/s1. The van der Waals surface area contributed by atoms with Gasteiger partial charge in [0, 0.05) is 30.0 Å². The average molecular weight is 262 g/mol. The fraction of sp³-hybridized carbons (Fsp3) is 0.267. The Morgan fingerprint density at radius 3 is 2.11 bits per heavy atom. The molecule has 0 aliphatic heterocycles. The highest BCUT2D eigenvalue weighted by Gasteiger charge is 2.18. The fourth-order valence-electron chi connectivity index (χ4n) is 2.13. The molecular formula is C15H16F2N2. The van der Waals surface area contributed by atoms with Crippen molar-refractivity contribution >= 4 is 0 Å². The monoisotopic (exact) mass is 262 g/mol. The Bertz CT molecular complexity index is 523. The molecule has 0 radical (unpaired) electrons. The van der Waals surface area contributed by atoms with Gasteiger partial charge in [-0.25, -0.2) is 8.78 Å². The van der Waals surface area contributed by atoms with Gasteiger partial charge in [0.15, 0.2) is 0 Å². The summed E-state index contributed by atoms with van der Waals surface area (Å²) in [5.74, 6) is -1.05. The zero-order chi connectivity index (χ0) is 13.8. The highest BCUT2D eigenvalue weighted by molar-refractivity contribution is 5.24. The van der Waals surface area contributed by atoms with E-state index in [9.17, 15) is 8.78 Å². The number of pyridine rings is 1. The number of hydrogen-bond donors (Lipinski definition) is 1.